The fraction of sp³-hybridized carbons (Fsp3) is 0.278. The standard InChI is InChI=1S/C18H20FNO2/c1-13(14-9-5-4-6-10-14)22-18(21)17(20(2)3)15-11-7-8-12-16(15)19/h4-13,17H,1-3H3/t13-,17+/m1/s1. The molecular weight excluding hydrogens is 281 g/mol. The van der Waals surface area contributed by atoms with Gasteiger partial charge in [0, 0.05) is 5.56 Å². The number of ether oxygens (including phenoxy) is 1. The molecule has 0 saturated carbocycles. The molecule has 0 saturated heterocycles. The van der Waals surface area contributed by atoms with Gasteiger partial charge >= 0.3 is 5.97 Å². The smallest absolute Gasteiger partial charge is 0.328 e. The first-order valence-electron chi connectivity index (χ1n) is 7.17. The number of carbonyl (C=O) groups is 1. The number of benzene rings is 2. The monoisotopic (exact) mass is 301 g/mol. The Kier molecular flexibility index (Phi) is 5.28. The molecule has 0 amide bonds. The van der Waals surface area contributed by atoms with Gasteiger partial charge in [-0.15, -0.1) is 0 Å². The molecule has 0 aromatic heterocycles. The quantitative estimate of drug-likeness (QED) is 0.788. The first kappa shape index (κ1) is 16.2. The van der Waals surface area contributed by atoms with Crippen molar-refractivity contribution >= 4 is 5.97 Å². The van der Waals surface area contributed by atoms with Gasteiger partial charge in [-0.2, -0.15) is 0 Å². The molecule has 0 unspecified atom stereocenters. The molecule has 116 valence electrons. The Hall–Kier alpha value is -2.20. The number of rotatable bonds is 5. The van der Waals surface area contributed by atoms with Crippen molar-refractivity contribution in [1.29, 1.82) is 0 Å². The summed E-state index contributed by atoms with van der Waals surface area (Å²) in [4.78, 5) is 14.1. The SMILES string of the molecule is C[C@@H](OC(=O)[C@H](c1ccccc1F)N(C)C)c1ccccc1. The Morgan fingerprint density at radius 2 is 1.64 bits per heavy atom. The van der Waals surface area contributed by atoms with Crippen LogP contribution in [0.1, 0.15) is 30.2 Å². The summed E-state index contributed by atoms with van der Waals surface area (Å²) in [6.07, 6.45) is -0.386. The first-order valence-corrected chi connectivity index (χ1v) is 7.17. The van der Waals surface area contributed by atoms with E-state index in [2.05, 4.69) is 0 Å². The van der Waals surface area contributed by atoms with E-state index in [-0.39, 0.29) is 6.10 Å². The van der Waals surface area contributed by atoms with Crippen LogP contribution in [-0.2, 0) is 9.53 Å². The van der Waals surface area contributed by atoms with Gasteiger partial charge in [-0.1, -0.05) is 48.5 Å². The highest BCUT2D eigenvalue weighted by molar-refractivity contribution is 5.78. The average molecular weight is 301 g/mol. The molecule has 0 aliphatic carbocycles. The normalized spacial score (nSPS) is 13.7. The maximum atomic E-state index is 14.0. The fourth-order valence-electron chi connectivity index (χ4n) is 2.34. The van der Waals surface area contributed by atoms with E-state index in [1.54, 1.807) is 44.1 Å². The molecule has 2 aromatic rings. The van der Waals surface area contributed by atoms with Gasteiger partial charge in [-0.05, 0) is 32.6 Å². The molecule has 0 N–H and O–H groups in total. The van der Waals surface area contributed by atoms with Gasteiger partial charge in [0.05, 0.1) is 0 Å². The van der Waals surface area contributed by atoms with Crippen LogP contribution in [0.4, 0.5) is 4.39 Å². The molecule has 2 rings (SSSR count). The number of halogens is 1. The summed E-state index contributed by atoms with van der Waals surface area (Å²) in [5.41, 5.74) is 1.22. The van der Waals surface area contributed by atoms with Crippen LogP contribution in [0.2, 0.25) is 0 Å². The van der Waals surface area contributed by atoms with E-state index in [4.69, 9.17) is 4.74 Å². The van der Waals surface area contributed by atoms with Crippen LogP contribution in [0.25, 0.3) is 0 Å². The van der Waals surface area contributed by atoms with Crippen LogP contribution in [-0.4, -0.2) is 25.0 Å². The average Bonchev–Trinajstić information content (AvgIpc) is 2.50. The van der Waals surface area contributed by atoms with Crippen molar-refractivity contribution in [2.75, 3.05) is 14.1 Å². The predicted molar refractivity (Wildman–Crippen MR) is 83.8 cm³/mol. The summed E-state index contributed by atoms with van der Waals surface area (Å²) < 4.78 is 19.5. The van der Waals surface area contributed by atoms with Gasteiger partial charge in [-0.3, -0.25) is 4.90 Å². The lowest BCUT2D eigenvalue weighted by atomic mass is 10.1. The minimum atomic E-state index is -0.771. The Balaban J connectivity index is 2.19. The van der Waals surface area contributed by atoms with Crippen LogP contribution in [0.3, 0.4) is 0 Å². The number of esters is 1. The topological polar surface area (TPSA) is 29.5 Å². The van der Waals surface area contributed by atoms with Gasteiger partial charge in [0.15, 0.2) is 0 Å². The third kappa shape index (κ3) is 3.71. The molecule has 2 aromatic carbocycles. The minimum absolute atomic E-state index is 0.317. The molecule has 3 nitrogen and oxygen atoms in total. The Labute approximate surface area is 130 Å². The van der Waals surface area contributed by atoms with Gasteiger partial charge in [0.1, 0.15) is 18.0 Å². The lowest BCUT2D eigenvalue weighted by Crippen LogP contribution is -2.30. The number of hydrogen-bond donors (Lipinski definition) is 0. The largest absolute Gasteiger partial charge is 0.456 e. The number of hydrogen-bond acceptors (Lipinski definition) is 3. The highest BCUT2D eigenvalue weighted by atomic mass is 19.1. The zero-order valence-corrected chi connectivity index (χ0v) is 13.0. The second-order valence-corrected chi connectivity index (χ2v) is 5.38. The molecule has 0 spiro atoms. The van der Waals surface area contributed by atoms with E-state index in [1.165, 1.54) is 6.07 Å². The summed E-state index contributed by atoms with van der Waals surface area (Å²) in [6.45, 7) is 1.81. The Morgan fingerprint density at radius 3 is 2.23 bits per heavy atom. The molecule has 4 heteroatoms. The molecule has 0 heterocycles. The lowest BCUT2D eigenvalue weighted by Gasteiger charge is -2.25. The van der Waals surface area contributed by atoms with E-state index in [0.29, 0.717) is 5.56 Å². The zero-order chi connectivity index (χ0) is 16.1. The lowest BCUT2D eigenvalue weighted by molar-refractivity contribution is -0.154. The number of likely N-dealkylation sites (N-methyl/N-ethyl adjacent to an activating group) is 1. The van der Waals surface area contributed by atoms with Gasteiger partial charge in [0.2, 0.25) is 0 Å². The van der Waals surface area contributed by atoms with E-state index in [1.807, 2.05) is 30.3 Å². The van der Waals surface area contributed by atoms with Crippen molar-refractivity contribution in [3.05, 3.63) is 71.5 Å². The van der Waals surface area contributed by atoms with E-state index < -0.39 is 17.8 Å². The predicted octanol–water partition coefficient (Wildman–Crippen LogP) is 3.73. The van der Waals surface area contributed by atoms with Gasteiger partial charge in [-0.25, -0.2) is 9.18 Å². The Bertz CT molecular complexity index is 628. The number of nitrogens with zero attached hydrogens (tertiary/aromatic N) is 1. The van der Waals surface area contributed by atoms with Crippen molar-refractivity contribution in [2.45, 2.75) is 19.1 Å². The minimum Gasteiger partial charge on any atom is -0.456 e. The molecule has 22 heavy (non-hydrogen) atoms. The second kappa shape index (κ2) is 7.18. The van der Waals surface area contributed by atoms with Crippen molar-refractivity contribution in [2.24, 2.45) is 0 Å². The second-order valence-electron chi connectivity index (χ2n) is 5.38. The summed E-state index contributed by atoms with van der Waals surface area (Å²) in [6, 6.07) is 15.0. The van der Waals surface area contributed by atoms with Crippen molar-refractivity contribution in [3.8, 4) is 0 Å². The summed E-state index contributed by atoms with van der Waals surface area (Å²) >= 11 is 0. The molecule has 0 radical (unpaired) electrons. The summed E-state index contributed by atoms with van der Waals surface area (Å²) in [5.74, 6) is -0.878. The van der Waals surface area contributed by atoms with E-state index in [0.717, 1.165) is 5.56 Å². The molecule has 0 fully saturated rings. The van der Waals surface area contributed by atoms with Crippen LogP contribution in [0, 0.1) is 5.82 Å². The van der Waals surface area contributed by atoms with Crippen LogP contribution in [0.15, 0.2) is 54.6 Å². The Morgan fingerprint density at radius 1 is 1.05 bits per heavy atom. The molecule has 0 aliphatic rings. The van der Waals surface area contributed by atoms with Gasteiger partial charge < -0.3 is 4.74 Å². The van der Waals surface area contributed by atoms with E-state index in [9.17, 15) is 9.18 Å². The number of carbonyl (C=O) groups excluding carboxylic acids is 1. The van der Waals surface area contributed by atoms with Gasteiger partial charge in [0.25, 0.3) is 0 Å². The first-order chi connectivity index (χ1) is 10.5. The van der Waals surface area contributed by atoms with Crippen LogP contribution in [0.5, 0.6) is 0 Å². The van der Waals surface area contributed by atoms with Crippen molar-refractivity contribution in [1.82, 2.24) is 4.90 Å². The third-order valence-corrected chi connectivity index (χ3v) is 3.50. The third-order valence-electron chi connectivity index (χ3n) is 3.50. The van der Waals surface area contributed by atoms with Crippen LogP contribution < -0.4 is 0 Å². The molecular formula is C18H20FNO2. The molecule has 2 atom stereocenters. The highest BCUT2D eigenvalue weighted by Gasteiger charge is 2.28. The molecule has 0 aliphatic heterocycles. The van der Waals surface area contributed by atoms with Crippen molar-refractivity contribution < 1.29 is 13.9 Å². The highest BCUT2D eigenvalue weighted by Crippen LogP contribution is 2.26. The van der Waals surface area contributed by atoms with Crippen molar-refractivity contribution in [3.63, 3.8) is 0 Å². The van der Waals surface area contributed by atoms with Crippen LogP contribution >= 0.6 is 0 Å². The summed E-state index contributed by atoms with van der Waals surface area (Å²) in [7, 11) is 3.46. The molecule has 0 bridgehead atoms. The maximum absolute atomic E-state index is 14.0. The maximum Gasteiger partial charge on any atom is 0.328 e. The zero-order valence-electron chi connectivity index (χ0n) is 13.0. The fourth-order valence-corrected chi connectivity index (χ4v) is 2.34. The summed E-state index contributed by atoms with van der Waals surface area (Å²) in [5, 5.41) is 0. The van der Waals surface area contributed by atoms with E-state index >= 15 is 0 Å².